The molecule has 0 saturated carbocycles. The predicted molar refractivity (Wildman–Crippen MR) is 101 cm³/mol. The molecule has 0 atom stereocenters. The Balaban J connectivity index is 2.07. The average Bonchev–Trinajstić information content (AvgIpc) is 2.93. The largest absolute Gasteiger partial charge is 0.465 e. The van der Waals surface area contributed by atoms with Crippen molar-refractivity contribution in [3.8, 4) is 11.1 Å². The van der Waals surface area contributed by atoms with Crippen LogP contribution in [0.5, 0.6) is 0 Å². The molecule has 134 valence electrons. The number of ether oxygens (including phenoxy) is 2. The van der Waals surface area contributed by atoms with Crippen LogP contribution in [0.1, 0.15) is 26.4 Å². The predicted octanol–water partition coefficient (Wildman–Crippen LogP) is 3.23. The minimum absolute atomic E-state index is 0.379. The highest BCUT2D eigenvalue weighted by Crippen LogP contribution is 2.40. The molecule has 0 unspecified atom stereocenters. The number of anilines is 1. The standard InChI is InChI=1S/C19H24N2O3S/c1-12-4-5-14(10-13(12)2)16-15(11-21-6-8-24-9-7-21)25-18(20)17(16)19(22)23-3/h4-5,10H,6-9,11,20H2,1-3H3. The van der Waals surface area contributed by atoms with Gasteiger partial charge in [-0.2, -0.15) is 0 Å². The van der Waals surface area contributed by atoms with Crippen LogP contribution >= 0.6 is 11.3 Å². The van der Waals surface area contributed by atoms with Gasteiger partial charge in [0.15, 0.2) is 0 Å². The molecule has 0 radical (unpaired) electrons. The minimum atomic E-state index is -0.379. The molecule has 1 aromatic carbocycles. The smallest absolute Gasteiger partial charge is 0.341 e. The van der Waals surface area contributed by atoms with Crippen LogP contribution < -0.4 is 5.73 Å². The number of thiophene rings is 1. The van der Waals surface area contributed by atoms with Crippen molar-refractivity contribution in [2.75, 3.05) is 39.1 Å². The van der Waals surface area contributed by atoms with Crippen molar-refractivity contribution in [2.24, 2.45) is 0 Å². The van der Waals surface area contributed by atoms with Crippen molar-refractivity contribution in [3.63, 3.8) is 0 Å². The van der Waals surface area contributed by atoms with Gasteiger partial charge in [0, 0.05) is 30.1 Å². The van der Waals surface area contributed by atoms with Crippen molar-refractivity contribution >= 4 is 22.3 Å². The first-order chi connectivity index (χ1) is 12.0. The highest BCUT2D eigenvalue weighted by Gasteiger charge is 2.26. The molecule has 1 saturated heterocycles. The zero-order chi connectivity index (χ0) is 18.0. The van der Waals surface area contributed by atoms with E-state index in [1.807, 2.05) is 0 Å². The number of hydrogen-bond acceptors (Lipinski definition) is 6. The summed E-state index contributed by atoms with van der Waals surface area (Å²) in [7, 11) is 1.39. The molecule has 1 aromatic heterocycles. The van der Waals surface area contributed by atoms with Crippen LogP contribution in [0.3, 0.4) is 0 Å². The van der Waals surface area contributed by atoms with Crippen molar-refractivity contribution in [3.05, 3.63) is 39.8 Å². The number of benzene rings is 1. The maximum absolute atomic E-state index is 12.4. The number of nitrogen functional groups attached to an aromatic ring is 1. The Morgan fingerprint density at radius 3 is 2.64 bits per heavy atom. The first-order valence-electron chi connectivity index (χ1n) is 8.38. The Morgan fingerprint density at radius 1 is 1.28 bits per heavy atom. The number of methoxy groups -OCH3 is 1. The van der Waals surface area contributed by atoms with Gasteiger partial charge in [-0.1, -0.05) is 18.2 Å². The number of nitrogens with zero attached hydrogens (tertiary/aromatic N) is 1. The van der Waals surface area contributed by atoms with Crippen LogP contribution in [0.15, 0.2) is 18.2 Å². The van der Waals surface area contributed by atoms with Gasteiger partial charge in [-0.25, -0.2) is 4.79 Å². The van der Waals surface area contributed by atoms with Crippen LogP contribution in [-0.4, -0.2) is 44.3 Å². The monoisotopic (exact) mass is 360 g/mol. The maximum atomic E-state index is 12.4. The van der Waals surface area contributed by atoms with E-state index in [2.05, 4.69) is 36.9 Å². The lowest BCUT2D eigenvalue weighted by molar-refractivity contribution is 0.0346. The third-order valence-electron chi connectivity index (χ3n) is 4.66. The van der Waals surface area contributed by atoms with Crippen molar-refractivity contribution in [2.45, 2.75) is 20.4 Å². The average molecular weight is 360 g/mol. The summed E-state index contributed by atoms with van der Waals surface area (Å²) in [6, 6.07) is 6.25. The molecule has 6 heteroatoms. The van der Waals surface area contributed by atoms with E-state index in [1.54, 1.807) is 0 Å². The first kappa shape index (κ1) is 17.9. The van der Waals surface area contributed by atoms with E-state index in [4.69, 9.17) is 15.2 Å². The second-order valence-corrected chi connectivity index (χ2v) is 7.46. The van der Waals surface area contributed by atoms with Gasteiger partial charge >= 0.3 is 5.97 Å². The normalized spacial score (nSPS) is 15.3. The van der Waals surface area contributed by atoms with Gasteiger partial charge in [-0.05, 0) is 30.5 Å². The van der Waals surface area contributed by atoms with Gasteiger partial charge in [0.1, 0.15) is 10.6 Å². The van der Waals surface area contributed by atoms with Gasteiger partial charge in [0.05, 0.1) is 20.3 Å². The van der Waals surface area contributed by atoms with Gasteiger partial charge in [0.25, 0.3) is 0 Å². The summed E-state index contributed by atoms with van der Waals surface area (Å²) in [6.07, 6.45) is 0. The van der Waals surface area contributed by atoms with E-state index in [0.29, 0.717) is 10.6 Å². The molecule has 1 fully saturated rings. The lowest BCUT2D eigenvalue weighted by Crippen LogP contribution is -2.35. The van der Waals surface area contributed by atoms with Crippen molar-refractivity contribution in [1.29, 1.82) is 0 Å². The molecule has 2 aromatic rings. The number of carbonyl (C=O) groups excluding carboxylic acids is 1. The highest BCUT2D eigenvalue weighted by atomic mass is 32.1. The third-order valence-corrected chi connectivity index (χ3v) is 5.67. The summed E-state index contributed by atoms with van der Waals surface area (Å²) in [6.45, 7) is 8.17. The molecule has 0 spiro atoms. The van der Waals surface area contributed by atoms with Crippen LogP contribution in [0.2, 0.25) is 0 Å². The molecular weight excluding hydrogens is 336 g/mol. The topological polar surface area (TPSA) is 64.8 Å². The molecule has 0 bridgehead atoms. The summed E-state index contributed by atoms with van der Waals surface area (Å²) >= 11 is 1.48. The van der Waals surface area contributed by atoms with Gasteiger partial charge in [0.2, 0.25) is 0 Å². The number of nitrogens with two attached hydrogens (primary N) is 1. The Morgan fingerprint density at radius 2 is 2.00 bits per heavy atom. The molecule has 0 aliphatic carbocycles. The molecule has 2 N–H and O–H groups in total. The Kier molecular flexibility index (Phi) is 5.42. The maximum Gasteiger partial charge on any atom is 0.341 e. The molecule has 3 rings (SSSR count). The molecule has 2 heterocycles. The number of morpholine rings is 1. The summed E-state index contributed by atoms with van der Waals surface area (Å²) in [4.78, 5) is 15.8. The Hall–Kier alpha value is -1.89. The molecule has 25 heavy (non-hydrogen) atoms. The van der Waals surface area contributed by atoms with E-state index in [0.717, 1.165) is 48.9 Å². The number of rotatable bonds is 4. The number of aryl methyl sites for hydroxylation is 2. The third kappa shape index (κ3) is 3.71. The van der Waals surface area contributed by atoms with Gasteiger partial charge in [-0.3, -0.25) is 4.90 Å². The van der Waals surface area contributed by atoms with Crippen LogP contribution in [-0.2, 0) is 16.0 Å². The van der Waals surface area contributed by atoms with Crippen molar-refractivity contribution in [1.82, 2.24) is 4.90 Å². The van der Waals surface area contributed by atoms with E-state index in [1.165, 1.54) is 29.6 Å². The number of carbonyl (C=O) groups is 1. The van der Waals surface area contributed by atoms with Crippen LogP contribution in [0.25, 0.3) is 11.1 Å². The van der Waals surface area contributed by atoms with Crippen molar-refractivity contribution < 1.29 is 14.3 Å². The van der Waals surface area contributed by atoms with E-state index in [-0.39, 0.29) is 5.97 Å². The van der Waals surface area contributed by atoms with Gasteiger partial charge in [-0.15, -0.1) is 11.3 Å². The molecule has 1 aliphatic rings. The first-order valence-corrected chi connectivity index (χ1v) is 9.20. The second kappa shape index (κ2) is 7.56. The lowest BCUT2D eigenvalue weighted by atomic mass is 9.97. The van der Waals surface area contributed by atoms with Gasteiger partial charge < -0.3 is 15.2 Å². The SMILES string of the molecule is COC(=O)c1c(N)sc(CN2CCOCC2)c1-c1ccc(C)c(C)c1. The number of esters is 1. The van der Waals surface area contributed by atoms with Crippen LogP contribution in [0.4, 0.5) is 5.00 Å². The summed E-state index contributed by atoms with van der Waals surface area (Å²) in [5.74, 6) is -0.379. The highest BCUT2D eigenvalue weighted by molar-refractivity contribution is 7.17. The minimum Gasteiger partial charge on any atom is -0.465 e. The fourth-order valence-corrected chi connectivity index (χ4v) is 4.20. The fourth-order valence-electron chi connectivity index (χ4n) is 3.08. The van der Waals surface area contributed by atoms with E-state index >= 15 is 0 Å². The zero-order valence-electron chi connectivity index (χ0n) is 14.9. The fraction of sp³-hybridized carbons (Fsp3) is 0.421. The molecular formula is C19H24N2O3S. The molecule has 1 aliphatic heterocycles. The zero-order valence-corrected chi connectivity index (χ0v) is 15.7. The summed E-state index contributed by atoms with van der Waals surface area (Å²) in [5, 5.41) is 0.517. The van der Waals surface area contributed by atoms with E-state index < -0.39 is 0 Å². The Labute approximate surface area is 152 Å². The molecule has 0 amide bonds. The second-order valence-electron chi connectivity index (χ2n) is 6.32. The lowest BCUT2D eigenvalue weighted by Gasteiger charge is -2.26. The quantitative estimate of drug-likeness (QED) is 0.848. The number of hydrogen-bond donors (Lipinski definition) is 1. The van der Waals surface area contributed by atoms with E-state index in [9.17, 15) is 4.79 Å². The summed E-state index contributed by atoms with van der Waals surface area (Å²) < 4.78 is 10.4. The molecule has 5 nitrogen and oxygen atoms in total. The summed E-state index contributed by atoms with van der Waals surface area (Å²) in [5.41, 5.74) is 11.0. The van der Waals surface area contributed by atoms with Crippen LogP contribution in [0, 0.1) is 13.8 Å². The Bertz CT molecular complexity index is 779.